The number of aliphatic carboxylic acids is 1. The summed E-state index contributed by atoms with van der Waals surface area (Å²) in [6.07, 6.45) is 0.650. The molecule has 66 valence electrons. The molecule has 11 heavy (non-hydrogen) atoms. The van der Waals surface area contributed by atoms with Crippen LogP contribution in [0.5, 0.6) is 0 Å². The van der Waals surface area contributed by atoms with E-state index in [9.17, 15) is 4.79 Å². The summed E-state index contributed by atoms with van der Waals surface area (Å²) in [7, 11) is 0. The van der Waals surface area contributed by atoms with Crippen molar-refractivity contribution in [1.29, 1.82) is 0 Å². The molecule has 5 heteroatoms. The van der Waals surface area contributed by atoms with Gasteiger partial charge in [0.1, 0.15) is 0 Å². The lowest BCUT2D eigenvalue weighted by atomic mass is 9.97. The molecule has 4 nitrogen and oxygen atoms in total. The zero-order valence-corrected chi connectivity index (χ0v) is 7.74. The first-order chi connectivity index (χ1) is 4.72. The minimum absolute atomic E-state index is 0. The van der Waals surface area contributed by atoms with Crippen LogP contribution in [0.2, 0.25) is 0 Å². The van der Waals surface area contributed by atoms with Gasteiger partial charge >= 0.3 is 5.97 Å². The van der Waals surface area contributed by atoms with Gasteiger partial charge in [-0.1, -0.05) is 0 Å². The first-order valence-electron chi connectivity index (χ1n) is 3.28. The van der Waals surface area contributed by atoms with E-state index in [4.69, 9.17) is 15.6 Å². The molecular weight excluding hydrogens is 214 g/mol. The minimum Gasteiger partial charge on any atom is -0.481 e. The molecule has 1 saturated heterocycles. The molecule has 0 unspecified atom stereocenters. The number of rotatable bonds is 1. The quantitative estimate of drug-likeness (QED) is 0.660. The monoisotopic (exact) mass is 225 g/mol. The van der Waals surface area contributed by atoms with Crippen LogP contribution >= 0.6 is 17.0 Å². The SMILES string of the molecule is Br.N[C@H]1CCOC[C@H]1C(=O)O. The van der Waals surface area contributed by atoms with E-state index in [1.807, 2.05) is 0 Å². The Bertz CT molecular complexity index is 142. The molecule has 0 aromatic rings. The predicted octanol–water partition coefficient (Wildman–Crippen LogP) is 0.0127. The number of hydrogen-bond donors (Lipinski definition) is 2. The van der Waals surface area contributed by atoms with Gasteiger partial charge in [0.25, 0.3) is 0 Å². The van der Waals surface area contributed by atoms with Gasteiger partial charge in [-0.05, 0) is 6.42 Å². The topological polar surface area (TPSA) is 72.5 Å². The Morgan fingerprint density at radius 3 is 2.64 bits per heavy atom. The number of nitrogens with two attached hydrogens (primary N) is 1. The molecule has 1 rings (SSSR count). The summed E-state index contributed by atoms with van der Waals surface area (Å²) in [5, 5.41) is 8.55. The van der Waals surface area contributed by atoms with Crippen LogP contribution in [0.15, 0.2) is 0 Å². The van der Waals surface area contributed by atoms with Gasteiger partial charge in [0.15, 0.2) is 0 Å². The van der Waals surface area contributed by atoms with E-state index in [0.717, 1.165) is 0 Å². The highest BCUT2D eigenvalue weighted by Crippen LogP contribution is 2.12. The zero-order valence-electron chi connectivity index (χ0n) is 6.03. The average molecular weight is 226 g/mol. The van der Waals surface area contributed by atoms with Gasteiger partial charge in [-0.2, -0.15) is 0 Å². The Morgan fingerprint density at radius 2 is 2.27 bits per heavy atom. The fraction of sp³-hybridized carbons (Fsp3) is 0.833. The summed E-state index contributed by atoms with van der Waals surface area (Å²) in [5.74, 6) is -1.36. The number of carboxylic acid groups (broad SMARTS) is 1. The normalized spacial score (nSPS) is 30.6. The Labute approximate surface area is 75.5 Å². The molecule has 2 atom stereocenters. The molecule has 0 bridgehead atoms. The summed E-state index contributed by atoms with van der Waals surface area (Å²) < 4.78 is 4.95. The van der Waals surface area contributed by atoms with E-state index in [2.05, 4.69) is 0 Å². The highest BCUT2D eigenvalue weighted by molar-refractivity contribution is 8.93. The van der Waals surface area contributed by atoms with Gasteiger partial charge in [-0.15, -0.1) is 17.0 Å². The van der Waals surface area contributed by atoms with E-state index in [0.29, 0.717) is 13.0 Å². The standard InChI is InChI=1S/C6H11NO3.BrH/c7-5-1-2-10-3-4(5)6(8)9;/h4-5H,1-3,7H2,(H,8,9);1H/t4-,5+;/m1./s1. The molecule has 0 aromatic heterocycles. The van der Waals surface area contributed by atoms with Crippen molar-refractivity contribution in [3.63, 3.8) is 0 Å². The van der Waals surface area contributed by atoms with Crippen molar-refractivity contribution in [3.8, 4) is 0 Å². The molecule has 1 heterocycles. The second kappa shape index (κ2) is 4.69. The maximum Gasteiger partial charge on any atom is 0.310 e. The molecule has 1 aliphatic heterocycles. The van der Waals surface area contributed by atoms with Crippen molar-refractivity contribution >= 4 is 23.0 Å². The van der Waals surface area contributed by atoms with Gasteiger partial charge in [-0.25, -0.2) is 0 Å². The molecule has 0 aromatic carbocycles. The van der Waals surface area contributed by atoms with Crippen LogP contribution in [0.25, 0.3) is 0 Å². The lowest BCUT2D eigenvalue weighted by Gasteiger charge is -2.24. The smallest absolute Gasteiger partial charge is 0.310 e. The van der Waals surface area contributed by atoms with Gasteiger partial charge in [0.05, 0.1) is 12.5 Å². The molecule has 1 fully saturated rings. The van der Waals surface area contributed by atoms with E-state index in [-0.39, 0.29) is 29.6 Å². The Hall–Kier alpha value is -0.130. The highest BCUT2D eigenvalue weighted by Gasteiger charge is 2.28. The fourth-order valence-corrected chi connectivity index (χ4v) is 1.01. The molecule has 0 spiro atoms. The number of ether oxygens (including phenoxy) is 1. The van der Waals surface area contributed by atoms with E-state index < -0.39 is 11.9 Å². The lowest BCUT2D eigenvalue weighted by Crippen LogP contribution is -2.42. The van der Waals surface area contributed by atoms with Crippen molar-refractivity contribution < 1.29 is 14.6 Å². The van der Waals surface area contributed by atoms with Crippen LogP contribution < -0.4 is 5.73 Å². The van der Waals surface area contributed by atoms with Gasteiger partial charge in [-0.3, -0.25) is 4.79 Å². The summed E-state index contributed by atoms with van der Waals surface area (Å²) in [6.45, 7) is 0.849. The van der Waals surface area contributed by atoms with Gasteiger partial charge < -0.3 is 15.6 Å². The van der Waals surface area contributed by atoms with Crippen LogP contribution in [-0.4, -0.2) is 30.3 Å². The van der Waals surface area contributed by atoms with Crippen LogP contribution in [0, 0.1) is 5.92 Å². The maximum atomic E-state index is 10.4. The Morgan fingerprint density at radius 1 is 1.64 bits per heavy atom. The third-order valence-corrected chi connectivity index (χ3v) is 1.73. The van der Waals surface area contributed by atoms with Crippen molar-refractivity contribution in [2.75, 3.05) is 13.2 Å². The van der Waals surface area contributed by atoms with E-state index >= 15 is 0 Å². The Kier molecular flexibility index (Phi) is 4.63. The molecule has 3 N–H and O–H groups in total. The highest BCUT2D eigenvalue weighted by atomic mass is 79.9. The summed E-state index contributed by atoms with van der Waals surface area (Å²) >= 11 is 0. The van der Waals surface area contributed by atoms with Crippen LogP contribution in [0.4, 0.5) is 0 Å². The molecule has 0 aliphatic carbocycles. The number of halogens is 1. The molecule has 0 radical (unpaired) electrons. The number of carbonyl (C=O) groups is 1. The largest absolute Gasteiger partial charge is 0.481 e. The van der Waals surface area contributed by atoms with E-state index in [1.54, 1.807) is 0 Å². The fourth-order valence-electron chi connectivity index (χ4n) is 1.01. The van der Waals surface area contributed by atoms with Crippen molar-refractivity contribution in [2.45, 2.75) is 12.5 Å². The molecular formula is C6H12BrNO3. The first-order valence-corrected chi connectivity index (χ1v) is 3.28. The Balaban J connectivity index is 0.000001000. The first kappa shape index (κ1) is 10.9. The third-order valence-electron chi connectivity index (χ3n) is 1.73. The van der Waals surface area contributed by atoms with Crippen molar-refractivity contribution in [1.82, 2.24) is 0 Å². The maximum absolute atomic E-state index is 10.4. The zero-order chi connectivity index (χ0) is 7.56. The average Bonchev–Trinajstić information content (AvgIpc) is 1.88. The van der Waals surface area contributed by atoms with Crippen LogP contribution in [0.1, 0.15) is 6.42 Å². The summed E-state index contributed by atoms with van der Waals surface area (Å²) in [5.41, 5.74) is 5.52. The van der Waals surface area contributed by atoms with Crippen LogP contribution in [-0.2, 0) is 9.53 Å². The predicted molar refractivity (Wildman–Crippen MR) is 44.9 cm³/mol. The van der Waals surface area contributed by atoms with Gasteiger partial charge in [0.2, 0.25) is 0 Å². The minimum atomic E-state index is -0.854. The molecule has 0 amide bonds. The number of hydrogen-bond acceptors (Lipinski definition) is 3. The lowest BCUT2D eigenvalue weighted by molar-refractivity contribution is -0.146. The van der Waals surface area contributed by atoms with Crippen molar-refractivity contribution in [3.05, 3.63) is 0 Å². The third kappa shape index (κ3) is 2.76. The second-order valence-electron chi connectivity index (χ2n) is 2.47. The molecule has 0 saturated carbocycles. The van der Waals surface area contributed by atoms with Crippen LogP contribution in [0.3, 0.4) is 0 Å². The summed E-state index contributed by atoms with van der Waals surface area (Å²) in [4.78, 5) is 10.4. The van der Waals surface area contributed by atoms with E-state index in [1.165, 1.54) is 0 Å². The summed E-state index contributed by atoms with van der Waals surface area (Å²) in [6, 6.07) is -0.230. The number of carboxylic acids is 1. The van der Waals surface area contributed by atoms with Gasteiger partial charge in [0, 0.05) is 12.6 Å². The second-order valence-corrected chi connectivity index (χ2v) is 2.47. The molecule has 1 aliphatic rings. The van der Waals surface area contributed by atoms with Crippen molar-refractivity contribution in [2.24, 2.45) is 11.7 Å².